The van der Waals surface area contributed by atoms with Crippen LogP contribution < -0.4 is 5.32 Å². The topological polar surface area (TPSA) is 58.6 Å². The highest BCUT2D eigenvalue weighted by Gasteiger charge is 2.30. The molecule has 0 heterocycles. The van der Waals surface area contributed by atoms with Gasteiger partial charge in [0.1, 0.15) is 5.54 Å². The van der Waals surface area contributed by atoms with Crippen LogP contribution in [0.15, 0.2) is 24.3 Å². The molecule has 1 amide bonds. The number of hydrogen-bond acceptors (Lipinski definition) is 4. The van der Waals surface area contributed by atoms with Gasteiger partial charge in [-0.1, -0.05) is 16.6 Å². The summed E-state index contributed by atoms with van der Waals surface area (Å²) < 4.78 is 17.6. The Morgan fingerprint density at radius 2 is 1.89 bits per heavy atom. The van der Waals surface area contributed by atoms with Crippen LogP contribution in [0.3, 0.4) is 0 Å². The quantitative estimate of drug-likeness (QED) is 0.670. The summed E-state index contributed by atoms with van der Waals surface area (Å²) in [6.45, 7) is 3.22. The van der Waals surface area contributed by atoms with Gasteiger partial charge < -0.3 is 10.1 Å². The second-order valence-electron chi connectivity index (χ2n) is 4.57. The predicted octanol–water partition coefficient (Wildman–Crippen LogP) is 2.01. The van der Waals surface area contributed by atoms with Crippen LogP contribution in [0.1, 0.15) is 24.2 Å². The second kappa shape index (κ2) is 5.69. The first-order valence-corrected chi connectivity index (χ1v) is 5.69. The van der Waals surface area contributed by atoms with Crippen LogP contribution in [0.4, 0.5) is 10.2 Å². The fourth-order valence-corrected chi connectivity index (χ4v) is 1.59. The number of ether oxygens (including phenoxy) is 1. The van der Waals surface area contributed by atoms with Gasteiger partial charge in [0.25, 0.3) is 5.91 Å². The maximum atomic E-state index is 13.0. The van der Waals surface area contributed by atoms with Crippen LogP contribution in [0.5, 0.6) is 0 Å². The molecule has 0 spiro atoms. The van der Waals surface area contributed by atoms with Gasteiger partial charge in [-0.05, 0) is 26.0 Å². The van der Waals surface area contributed by atoms with Gasteiger partial charge in [-0.3, -0.25) is 4.79 Å². The first-order chi connectivity index (χ1) is 8.79. The Bertz CT molecular complexity index is 487. The maximum Gasteiger partial charge on any atom is 0.330 e. The van der Waals surface area contributed by atoms with E-state index < -0.39 is 17.4 Å². The van der Waals surface area contributed by atoms with E-state index in [1.165, 1.54) is 13.2 Å². The largest absolute Gasteiger partial charge is 0.467 e. The first kappa shape index (κ1) is 14.9. The zero-order valence-electron chi connectivity index (χ0n) is 11.4. The van der Waals surface area contributed by atoms with Crippen LogP contribution in [0.2, 0.25) is 0 Å². The van der Waals surface area contributed by atoms with Crippen LogP contribution in [-0.2, 0) is 9.53 Å². The highest BCUT2D eigenvalue weighted by molar-refractivity contribution is 5.99. The number of methoxy groups -OCH3 is 1. The summed E-state index contributed by atoms with van der Waals surface area (Å²) in [5.41, 5.74) is -0.517. The standard InChI is InChI=1S/C13H17FN2O3/c1-13(2,12(18)19-4)15-10-8-6-5-7-9(10)11(17)16(3)14/h5-8,15H,1-4H3. The van der Waals surface area contributed by atoms with E-state index >= 15 is 0 Å². The average molecular weight is 268 g/mol. The number of nitrogens with zero attached hydrogens (tertiary/aromatic N) is 1. The van der Waals surface area contributed by atoms with E-state index in [4.69, 9.17) is 0 Å². The fraction of sp³-hybridized carbons (Fsp3) is 0.385. The molecule has 6 heteroatoms. The number of benzene rings is 1. The summed E-state index contributed by atoms with van der Waals surface area (Å²) in [7, 11) is 2.29. The Kier molecular flexibility index (Phi) is 4.47. The Morgan fingerprint density at radius 3 is 2.42 bits per heavy atom. The Labute approximate surface area is 111 Å². The van der Waals surface area contributed by atoms with Gasteiger partial charge >= 0.3 is 5.97 Å². The number of nitrogens with one attached hydrogen (secondary N) is 1. The van der Waals surface area contributed by atoms with E-state index in [-0.39, 0.29) is 10.7 Å². The van der Waals surface area contributed by atoms with Gasteiger partial charge in [-0.2, -0.15) is 5.12 Å². The van der Waals surface area contributed by atoms with E-state index in [2.05, 4.69) is 10.1 Å². The van der Waals surface area contributed by atoms with Crippen molar-refractivity contribution in [3.05, 3.63) is 29.8 Å². The molecule has 1 rings (SSSR count). The van der Waals surface area contributed by atoms with Crippen LogP contribution in [0, 0.1) is 0 Å². The Balaban J connectivity index is 3.09. The number of hydrogen-bond donors (Lipinski definition) is 1. The van der Waals surface area contributed by atoms with E-state index in [0.29, 0.717) is 5.69 Å². The molecular formula is C13H17FN2O3. The third kappa shape index (κ3) is 3.43. The highest BCUT2D eigenvalue weighted by Crippen LogP contribution is 2.22. The van der Waals surface area contributed by atoms with Crippen molar-refractivity contribution in [2.24, 2.45) is 0 Å². The minimum Gasteiger partial charge on any atom is -0.467 e. The molecule has 0 unspecified atom stereocenters. The lowest BCUT2D eigenvalue weighted by atomic mass is 10.0. The SMILES string of the molecule is COC(=O)C(C)(C)Nc1ccccc1C(=O)N(C)F. The van der Waals surface area contributed by atoms with E-state index in [1.807, 2.05) is 0 Å². The number of anilines is 1. The molecule has 0 aliphatic heterocycles. The zero-order chi connectivity index (χ0) is 14.6. The number of carbonyl (C=O) groups is 2. The number of esters is 1. The minimum atomic E-state index is -1.03. The Morgan fingerprint density at radius 1 is 1.32 bits per heavy atom. The monoisotopic (exact) mass is 268 g/mol. The van der Waals surface area contributed by atoms with Gasteiger partial charge in [0.05, 0.1) is 12.7 Å². The molecule has 1 aromatic carbocycles. The van der Waals surface area contributed by atoms with Gasteiger partial charge in [-0.15, -0.1) is 0 Å². The fourth-order valence-electron chi connectivity index (χ4n) is 1.59. The maximum absolute atomic E-state index is 13.0. The summed E-state index contributed by atoms with van der Waals surface area (Å²) in [6, 6.07) is 6.38. The summed E-state index contributed by atoms with van der Waals surface area (Å²) in [5, 5.41) is 2.88. The van der Waals surface area contributed by atoms with Gasteiger partial charge in [-0.25, -0.2) is 4.79 Å². The number of rotatable bonds is 4. The lowest BCUT2D eigenvalue weighted by Gasteiger charge is -2.25. The van der Waals surface area contributed by atoms with Crippen molar-refractivity contribution >= 4 is 17.6 Å². The molecule has 0 fully saturated rings. The molecule has 0 saturated carbocycles. The molecule has 0 aliphatic carbocycles. The average Bonchev–Trinajstić information content (AvgIpc) is 2.36. The molecule has 19 heavy (non-hydrogen) atoms. The normalized spacial score (nSPS) is 10.8. The second-order valence-corrected chi connectivity index (χ2v) is 4.57. The summed E-state index contributed by atoms with van der Waals surface area (Å²) in [6.07, 6.45) is 0. The molecule has 104 valence electrons. The summed E-state index contributed by atoms with van der Waals surface area (Å²) >= 11 is 0. The molecule has 0 atom stereocenters. The lowest BCUT2D eigenvalue weighted by molar-refractivity contribution is -0.144. The van der Waals surface area contributed by atoms with Crippen molar-refractivity contribution in [2.45, 2.75) is 19.4 Å². The first-order valence-electron chi connectivity index (χ1n) is 5.69. The van der Waals surface area contributed by atoms with E-state index in [1.54, 1.807) is 32.0 Å². The third-order valence-corrected chi connectivity index (χ3v) is 2.58. The smallest absolute Gasteiger partial charge is 0.330 e. The van der Waals surface area contributed by atoms with Crippen LogP contribution >= 0.6 is 0 Å². The third-order valence-electron chi connectivity index (χ3n) is 2.58. The molecule has 0 aromatic heterocycles. The predicted molar refractivity (Wildman–Crippen MR) is 69.4 cm³/mol. The van der Waals surface area contributed by atoms with Gasteiger partial charge in [0.2, 0.25) is 0 Å². The number of para-hydroxylation sites is 1. The molecule has 0 saturated heterocycles. The van der Waals surface area contributed by atoms with Crippen LogP contribution in [-0.4, -0.2) is 36.7 Å². The molecule has 5 nitrogen and oxygen atoms in total. The molecule has 0 radical (unpaired) electrons. The molecule has 1 aromatic rings. The lowest BCUT2D eigenvalue weighted by Crippen LogP contribution is -2.41. The molecule has 0 bridgehead atoms. The van der Waals surface area contributed by atoms with Crippen LogP contribution in [0.25, 0.3) is 0 Å². The number of halogens is 1. The minimum absolute atomic E-state index is 0.00828. The van der Waals surface area contributed by atoms with Gasteiger partial charge in [0, 0.05) is 12.7 Å². The van der Waals surface area contributed by atoms with E-state index in [9.17, 15) is 14.1 Å². The van der Waals surface area contributed by atoms with Crippen molar-refractivity contribution in [3.63, 3.8) is 0 Å². The van der Waals surface area contributed by atoms with E-state index in [0.717, 1.165) is 7.05 Å². The summed E-state index contributed by atoms with van der Waals surface area (Å²) in [5.74, 6) is -1.27. The number of carbonyl (C=O) groups excluding carboxylic acids is 2. The van der Waals surface area contributed by atoms with Crippen molar-refractivity contribution in [3.8, 4) is 0 Å². The highest BCUT2D eigenvalue weighted by atomic mass is 19.2. The van der Waals surface area contributed by atoms with Crippen molar-refractivity contribution in [1.29, 1.82) is 0 Å². The summed E-state index contributed by atoms with van der Waals surface area (Å²) in [4.78, 5) is 23.3. The van der Waals surface area contributed by atoms with Crippen molar-refractivity contribution < 1.29 is 18.8 Å². The van der Waals surface area contributed by atoms with Crippen molar-refractivity contribution in [2.75, 3.05) is 19.5 Å². The van der Waals surface area contributed by atoms with Gasteiger partial charge in [0.15, 0.2) is 0 Å². The number of amides is 1. The van der Waals surface area contributed by atoms with Crippen molar-refractivity contribution in [1.82, 2.24) is 5.12 Å². The molecule has 1 N–H and O–H groups in total. The zero-order valence-corrected chi connectivity index (χ0v) is 11.4. The Hall–Kier alpha value is -2.11. The molecule has 0 aliphatic rings. The molecular weight excluding hydrogens is 251 g/mol.